The number of rotatable bonds is 6. The van der Waals surface area contributed by atoms with Crippen LogP contribution in [-0.4, -0.2) is 14.5 Å². The number of nitrogen functional groups attached to an aromatic ring is 1. The Balaban J connectivity index is 2.63. The van der Waals surface area contributed by atoms with Gasteiger partial charge in [-0.25, -0.2) is 9.97 Å². The summed E-state index contributed by atoms with van der Waals surface area (Å²) in [6, 6.07) is 0.514. The molecular weight excluding hydrogens is 260 g/mol. The van der Waals surface area contributed by atoms with Crippen LogP contribution in [0.2, 0.25) is 0 Å². The Kier molecular flexibility index (Phi) is 4.86. The maximum absolute atomic E-state index is 6.15. The molecule has 4 nitrogen and oxygen atoms in total. The van der Waals surface area contributed by atoms with Crippen LogP contribution in [-0.2, 0) is 0 Å². The number of anilines is 1. The van der Waals surface area contributed by atoms with Crippen molar-refractivity contribution >= 4 is 16.9 Å². The number of fused-ring (bicyclic) bond motifs is 1. The van der Waals surface area contributed by atoms with Crippen LogP contribution in [0.3, 0.4) is 0 Å². The van der Waals surface area contributed by atoms with E-state index >= 15 is 0 Å². The summed E-state index contributed by atoms with van der Waals surface area (Å²) in [6.07, 6.45) is 6.06. The molecule has 4 heteroatoms. The van der Waals surface area contributed by atoms with Gasteiger partial charge in [-0.1, -0.05) is 33.1 Å². The second kappa shape index (κ2) is 6.46. The molecule has 2 aromatic heterocycles. The largest absolute Gasteiger partial charge is 0.383 e. The Morgan fingerprint density at radius 1 is 1.05 bits per heavy atom. The van der Waals surface area contributed by atoms with Crippen molar-refractivity contribution in [1.29, 1.82) is 0 Å². The molecule has 0 bridgehead atoms. The minimum atomic E-state index is 0.514. The van der Waals surface area contributed by atoms with Gasteiger partial charge in [0, 0.05) is 11.7 Å². The number of aromatic nitrogens is 3. The molecule has 0 saturated heterocycles. The van der Waals surface area contributed by atoms with Crippen LogP contribution in [0, 0.1) is 20.8 Å². The van der Waals surface area contributed by atoms with E-state index in [1.165, 1.54) is 43.4 Å². The second-order valence-corrected chi connectivity index (χ2v) is 6.02. The summed E-state index contributed by atoms with van der Waals surface area (Å²) >= 11 is 0. The molecule has 0 spiro atoms. The van der Waals surface area contributed by atoms with E-state index < -0.39 is 0 Å². The predicted molar refractivity (Wildman–Crippen MR) is 89.6 cm³/mol. The van der Waals surface area contributed by atoms with E-state index in [-0.39, 0.29) is 0 Å². The van der Waals surface area contributed by atoms with Gasteiger partial charge < -0.3 is 10.3 Å². The molecular formula is C17H28N4. The highest BCUT2D eigenvalue weighted by atomic mass is 15.1. The SMILES string of the molecule is CCCCC(CCC)n1c(C)c(C)c2c(N)nc(C)nc21. The first-order chi connectivity index (χ1) is 10.0. The van der Waals surface area contributed by atoms with Gasteiger partial charge in [-0.3, -0.25) is 0 Å². The molecule has 2 rings (SSSR count). The number of hydrogen-bond donors (Lipinski definition) is 1. The summed E-state index contributed by atoms with van der Waals surface area (Å²) in [4.78, 5) is 9.04. The summed E-state index contributed by atoms with van der Waals surface area (Å²) in [5, 5.41) is 1.04. The summed E-state index contributed by atoms with van der Waals surface area (Å²) < 4.78 is 2.41. The lowest BCUT2D eigenvalue weighted by Gasteiger charge is -2.21. The molecule has 0 amide bonds. The summed E-state index contributed by atoms with van der Waals surface area (Å²) in [5.41, 5.74) is 9.67. The fraction of sp³-hybridized carbons (Fsp3) is 0.647. The fourth-order valence-corrected chi connectivity index (χ4v) is 3.26. The lowest BCUT2D eigenvalue weighted by molar-refractivity contribution is 0.419. The molecule has 0 aliphatic heterocycles. The van der Waals surface area contributed by atoms with E-state index in [2.05, 4.69) is 37.2 Å². The normalized spacial score (nSPS) is 13.0. The first-order valence-electron chi connectivity index (χ1n) is 8.12. The van der Waals surface area contributed by atoms with Crippen molar-refractivity contribution in [1.82, 2.24) is 14.5 Å². The first kappa shape index (κ1) is 15.8. The van der Waals surface area contributed by atoms with Crippen LogP contribution in [0.15, 0.2) is 0 Å². The van der Waals surface area contributed by atoms with Gasteiger partial charge in [0.2, 0.25) is 0 Å². The van der Waals surface area contributed by atoms with Crippen molar-refractivity contribution in [2.45, 2.75) is 72.8 Å². The zero-order valence-electron chi connectivity index (χ0n) is 14.0. The molecule has 2 N–H and O–H groups in total. The molecule has 0 radical (unpaired) electrons. The molecule has 116 valence electrons. The third-order valence-corrected chi connectivity index (χ3v) is 4.41. The summed E-state index contributed by atoms with van der Waals surface area (Å²) in [6.45, 7) is 10.7. The standard InChI is InChI=1S/C17H28N4/c1-6-8-10-14(9-7-2)21-12(4)11(3)15-16(18)19-13(5)20-17(15)21/h14H,6-10H2,1-5H3,(H2,18,19,20). The van der Waals surface area contributed by atoms with Gasteiger partial charge >= 0.3 is 0 Å². The first-order valence-corrected chi connectivity index (χ1v) is 8.12. The average molecular weight is 288 g/mol. The van der Waals surface area contributed by atoms with Gasteiger partial charge in [0.25, 0.3) is 0 Å². The van der Waals surface area contributed by atoms with Gasteiger partial charge in [0.05, 0.1) is 5.39 Å². The van der Waals surface area contributed by atoms with Crippen molar-refractivity contribution in [3.05, 3.63) is 17.1 Å². The third kappa shape index (κ3) is 2.89. The monoisotopic (exact) mass is 288 g/mol. The molecule has 2 heterocycles. The van der Waals surface area contributed by atoms with Crippen LogP contribution in [0.25, 0.3) is 11.0 Å². The Morgan fingerprint density at radius 3 is 2.38 bits per heavy atom. The van der Waals surface area contributed by atoms with E-state index in [0.29, 0.717) is 11.9 Å². The van der Waals surface area contributed by atoms with Crippen molar-refractivity contribution in [3.63, 3.8) is 0 Å². The zero-order valence-corrected chi connectivity index (χ0v) is 14.0. The highest BCUT2D eigenvalue weighted by molar-refractivity contribution is 5.91. The number of aryl methyl sites for hydroxylation is 2. The lowest BCUT2D eigenvalue weighted by atomic mass is 10.0. The molecule has 1 atom stereocenters. The molecule has 0 saturated carbocycles. The average Bonchev–Trinajstić information content (AvgIpc) is 2.67. The number of hydrogen-bond acceptors (Lipinski definition) is 3. The van der Waals surface area contributed by atoms with Crippen LogP contribution in [0.5, 0.6) is 0 Å². The fourth-order valence-electron chi connectivity index (χ4n) is 3.26. The van der Waals surface area contributed by atoms with Gasteiger partial charge in [0.15, 0.2) is 0 Å². The van der Waals surface area contributed by atoms with Crippen LogP contribution in [0.4, 0.5) is 5.82 Å². The quantitative estimate of drug-likeness (QED) is 0.853. The van der Waals surface area contributed by atoms with E-state index in [4.69, 9.17) is 10.7 Å². The molecule has 2 aromatic rings. The molecule has 0 fully saturated rings. The van der Waals surface area contributed by atoms with Gasteiger partial charge in [-0.2, -0.15) is 0 Å². The van der Waals surface area contributed by atoms with Crippen molar-refractivity contribution < 1.29 is 0 Å². The van der Waals surface area contributed by atoms with Crippen molar-refractivity contribution in [2.75, 3.05) is 5.73 Å². The third-order valence-electron chi connectivity index (χ3n) is 4.41. The molecule has 21 heavy (non-hydrogen) atoms. The van der Waals surface area contributed by atoms with Gasteiger partial charge in [-0.15, -0.1) is 0 Å². The topological polar surface area (TPSA) is 56.7 Å². The Bertz CT molecular complexity index is 627. The second-order valence-electron chi connectivity index (χ2n) is 6.02. The van der Waals surface area contributed by atoms with E-state index in [0.717, 1.165) is 16.9 Å². The van der Waals surface area contributed by atoms with E-state index in [1.54, 1.807) is 0 Å². The van der Waals surface area contributed by atoms with Crippen molar-refractivity contribution in [3.8, 4) is 0 Å². The minimum Gasteiger partial charge on any atom is -0.383 e. The Labute approximate surface area is 127 Å². The van der Waals surface area contributed by atoms with Crippen LogP contribution in [0.1, 0.15) is 69.1 Å². The van der Waals surface area contributed by atoms with Crippen molar-refractivity contribution in [2.24, 2.45) is 0 Å². The summed E-state index contributed by atoms with van der Waals surface area (Å²) in [5.74, 6) is 1.37. The predicted octanol–water partition coefficient (Wildman–Crippen LogP) is 4.47. The zero-order chi connectivity index (χ0) is 15.6. The van der Waals surface area contributed by atoms with E-state index in [9.17, 15) is 0 Å². The highest BCUT2D eigenvalue weighted by Crippen LogP contribution is 2.33. The molecule has 0 aromatic carbocycles. The maximum Gasteiger partial charge on any atom is 0.146 e. The Hall–Kier alpha value is -1.58. The molecule has 1 unspecified atom stereocenters. The number of unbranched alkanes of at least 4 members (excludes halogenated alkanes) is 1. The number of nitrogens with zero attached hydrogens (tertiary/aromatic N) is 3. The number of nitrogens with two attached hydrogens (primary N) is 1. The summed E-state index contributed by atoms with van der Waals surface area (Å²) in [7, 11) is 0. The van der Waals surface area contributed by atoms with Gasteiger partial charge in [0.1, 0.15) is 17.3 Å². The lowest BCUT2D eigenvalue weighted by Crippen LogP contribution is -2.12. The van der Waals surface area contributed by atoms with Crippen LogP contribution < -0.4 is 5.73 Å². The Morgan fingerprint density at radius 2 is 1.76 bits per heavy atom. The minimum absolute atomic E-state index is 0.514. The highest BCUT2D eigenvalue weighted by Gasteiger charge is 2.21. The maximum atomic E-state index is 6.15. The molecule has 0 aliphatic carbocycles. The van der Waals surface area contributed by atoms with E-state index in [1.807, 2.05) is 6.92 Å². The van der Waals surface area contributed by atoms with Gasteiger partial charge in [-0.05, 0) is 39.2 Å². The van der Waals surface area contributed by atoms with Crippen LogP contribution >= 0.6 is 0 Å². The molecule has 0 aliphatic rings. The smallest absolute Gasteiger partial charge is 0.146 e.